The van der Waals surface area contributed by atoms with Crippen LogP contribution in [0.15, 0.2) is 77.8 Å². The number of piperazine rings is 1. The van der Waals surface area contributed by atoms with Gasteiger partial charge >= 0.3 is 0 Å². The molecule has 1 aliphatic rings. The number of nitrogens with zero attached hydrogens (tertiary/aromatic N) is 3. The van der Waals surface area contributed by atoms with Gasteiger partial charge in [-0.2, -0.15) is 0 Å². The standard InChI is InChI=1S/C28H32N4O3/c1-4-21-8-7-9-23(20-21)29-28(30-27(33)22-12-14-24(34-2)15-13-22)32-18-16-31(17-19-32)25-10-5-6-11-26(25)35-3/h5-15,20H,4,16-19H2,1-3H3,(H,29,30,33). The van der Waals surface area contributed by atoms with E-state index in [-0.39, 0.29) is 5.91 Å². The highest BCUT2D eigenvalue weighted by atomic mass is 16.5. The van der Waals surface area contributed by atoms with Gasteiger partial charge in [0.05, 0.1) is 25.6 Å². The molecule has 1 N–H and O–H groups in total. The quantitative estimate of drug-likeness (QED) is 0.423. The minimum absolute atomic E-state index is 0.204. The molecule has 7 nitrogen and oxygen atoms in total. The molecule has 3 aromatic rings. The minimum atomic E-state index is -0.204. The predicted molar refractivity (Wildman–Crippen MR) is 140 cm³/mol. The van der Waals surface area contributed by atoms with Crippen LogP contribution < -0.4 is 19.7 Å². The average Bonchev–Trinajstić information content (AvgIpc) is 2.93. The molecule has 0 aromatic heterocycles. The van der Waals surface area contributed by atoms with Crippen molar-refractivity contribution in [2.75, 3.05) is 45.3 Å². The van der Waals surface area contributed by atoms with Gasteiger partial charge < -0.3 is 19.3 Å². The highest BCUT2D eigenvalue weighted by Gasteiger charge is 2.23. The van der Waals surface area contributed by atoms with Crippen LogP contribution in [0.1, 0.15) is 22.8 Å². The molecule has 1 saturated heterocycles. The van der Waals surface area contributed by atoms with E-state index < -0.39 is 0 Å². The summed E-state index contributed by atoms with van der Waals surface area (Å²) < 4.78 is 10.8. The number of amides is 1. The zero-order valence-electron chi connectivity index (χ0n) is 20.5. The Kier molecular flexibility index (Phi) is 7.88. The SMILES string of the molecule is CCc1cccc(N=C(NC(=O)c2ccc(OC)cc2)N2CCN(c3ccccc3OC)CC2)c1. The molecule has 1 aliphatic heterocycles. The lowest BCUT2D eigenvalue weighted by atomic mass is 10.1. The number of rotatable bonds is 6. The zero-order chi connectivity index (χ0) is 24.6. The number of methoxy groups -OCH3 is 2. The summed E-state index contributed by atoms with van der Waals surface area (Å²) in [5.74, 6) is 1.92. The van der Waals surface area contributed by atoms with Crippen molar-refractivity contribution in [3.63, 3.8) is 0 Å². The van der Waals surface area contributed by atoms with Crippen molar-refractivity contribution in [1.29, 1.82) is 0 Å². The van der Waals surface area contributed by atoms with Crippen molar-refractivity contribution in [1.82, 2.24) is 10.2 Å². The van der Waals surface area contributed by atoms with E-state index in [0.717, 1.165) is 36.6 Å². The normalized spacial score (nSPS) is 14.0. The molecule has 0 aliphatic carbocycles. The summed E-state index contributed by atoms with van der Waals surface area (Å²) in [6, 6.07) is 23.2. The van der Waals surface area contributed by atoms with E-state index in [1.807, 2.05) is 30.3 Å². The fraction of sp³-hybridized carbons (Fsp3) is 0.286. The molecule has 0 spiro atoms. The van der Waals surface area contributed by atoms with Gasteiger partial charge in [-0.05, 0) is 60.5 Å². The topological polar surface area (TPSA) is 66.4 Å². The number of hydrogen-bond donors (Lipinski definition) is 1. The van der Waals surface area contributed by atoms with Crippen LogP contribution in [0.3, 0.4) is 0 Å². The summed E-state index contributed by atoms with van der Waals surface area (Å²) in [6.07, 6.45) is 0.925. The van der Waals surface area contributed by atoms with Crippen molar-refractivity contribution < 1.29 is 14.3 Å². The number of hydrogen-bond acceptors (Lipinski definition) is 5. The maximum absolute atomic E-state index is 13.1. The molecular formula is C28H32N4O3. The minimum Gasteiger partial charge on any atom is -0.497 e. The Morgan fingerprint density at radius 1 is 0.914 bits per heavy atom. The zero-order valence-corrected chi connectivity index (χ0v) is 20.5. The molecule has 0 unspecified atom stereocenters. The second kappa shape index (κ2) is 11.4. The van der Waals surface area contributed by atoms with Crippen LogP contribution in [-0.2, 0) is 6.42 Å². The van der Waals surface area contributed by atoms with E-state index in [4.69, 9.17) is 14.5 Å². The molecule has 0 radical (unpaired) electrons. The number of nitrogens with one attached hydrogen (secondary N) is 1. The molecule has 35 heavy (non-hydrogen) atoms. The van der Waals surface area contributed by atoms with Crippen molar-refractivity contribution in [2.24, 2.45) is 4.99 Å². The second-order valence-electron chi connectivity index (χ2n) is 8.29. The number of ether oxygens (including phenoxy) is 2. The molecule has 1 heterocycles. The third-order valence-electron chi connectivity index (χ3n) is 6.14. The Morgan fingerprint density at radius 3 is 2.34 bits per heavy atom. The van der Waals surface area contributed by atoms with E-state index in [2.05, 4.69) is 40.2 Å². The number of carbonyl (C=O) groups is 1. The maximum Gasteiger partial charge on any atom is 0.257 e. The molecule has 3 aromatic carbocycles. The number of guanidine groups is 1. The summed E-state index contributed by atoms with van der Waals surface area (Å²) >= 11 is 0. The lowest BCUT2D eigenvalue weighted by Gasteiger charge is -2.38. The van der Waals surface area contributed by atoms with Gasteiger partial charge in [0.15, 0.2) is 0 Å². The van der Waals surface area contributed by atoms with Gasteiger partial charge in [-0.25, -0.2) is 4.99 Å². The number of anilines is 1. The van der Waals surface area contributed by atoms with Gasteiger partial charge in [0.25, 0.3) is 5.91 Å². The van der Waals surface area contributed by atoms with Gasteiger partial charge in [0.2, 0.25) is 5.96 Å². The van der Waals surface area contributed by atoms with E-state index in [0.29, 0.717) is 30.4 Å². The van der Waals surface area contributed by atoms with Crippen LogP contribution in [0.2, 0.25) is 0 Å². The van der Waals surface area contributed by atoms with Gasteiger partial charge in [-0.1, -0.05) is 31.2 Å². The van der Waals surface area contributed by atoms with Crippen LogP contribution in [0.4, 0.5) is 11.4 Å². The molecule has 0 bridgehead atoms. The van der Waals surface area contributed by atoms with Gasteiger partial charge in [-0.15, -0.1) is 0 Å². The Hall–Kier alpha value is -4.00. The van der Waals surface area contributed by atoms with Crippen LogP contribution in [0.25, 0.3) is 0 Å². The highest BCUT2D eigenvalue weighted by Crippen LogP contribution is 2.28. The van der Waals surface area contributed by atoms with Gasteiger partial charge in [0.1, 0.15) is 11.5 Å². The van der Waals surface area contributed by atoms with Crippen LogP contribution >= 0.6 is 0 Å². The third-order valence-corrected chi connectivity index (χ3v) is 6.14. The Bertz CT molecular complexity index is 1170. The van der Waals surface area contributed by atoms with Crippen LogP contribution in [-0.4, -0.2) is 57.2 Å². The Balaban J connectivity index is 1.55. The molecule has 0 saturated carbocycles. The highest BCUT2D eigenvalue weighted by molar-refractivity contribution is 6.06. The molecule has 1 amide bonds. The van der Waals surface area contributed by atoms with E-state index in [9.17, 15) is 4.79 Å². The monoisotopic (exact) mass is 472 g/mol. The maximum atomic E-state index is 13.1. The molecule has 1 fully saturated rings. The lowest BCUT2D eigenvalue weighted by Crippen LogP contribution is -2.53. The predicted octanol–water partition coefficient (Wildman–Crippen LogP) is 4.51. The van der Waals surface area contributed by atoms with Crippen molar-refractivity contribution >= 4 is 23.2 Å². The first-order chi connectivity index (χ1) is 17.1. The number of para-hydroxylation sites is 2. The first-order valence-corrected chi connectivity index (χ1v) is 11.9. The van der Waals surface area contributed by atoms with Gasteiger partial charge in [-0.3, -0.25) is 10.1 Å². The van der Waals surface area contributed by atoms with E-state index in [1.165, 1.54) is 5.56 Å². The van der Waals surface area contributed by atoms with Crippen LogP contribution in [0, 0.1) is 0 Å². The number of benzene rings is 3. The summed E-state index contributed by atoms with van der Waals surface area (Å²) in [4.78, 5) is 22.4. The summed E-state index contributed by atoms with van der Waals surface area (Å²) in [6.45, 7) is 5.12. The molecule has 4 rings (SSSR count). The number of carbonyl (C=O) groups excluding carboxylic acids is 1. The average molecular weight is 473 g/mol. The van der Waals surface area contributed by atoms with Crippen molar-refractivity contribution in [3.05, 3.63) is 83.9 Å². The molecule has 7 heteroatoms. The van der Waals surface area contributed by atoms with E-state index >= 15 is 0 Å². The Labute approximate surface area is 207 Å². The second-order valence-corrected chi connectivity index (χ2v) is 8.29. The smallest absolute Gasteiger partial charge is 0.257 e. The fourth-order valence-corrected chi connectivity index (χ4v) is 4.11. The van der Waals surface area contributed by atoms with E-state index in [1.54, 1.807) is 38.5 Å². The number of aliphatic imine (C=N–C) groups is 1. The first-order valence-electron chi connectivity index (χ1n) is 11.9. The van der Waals surface area contributed by atoms with Gasteiger partial charge in [0, 0.05) is 31.7 Å². The summed E-state index contributed by atoms with van der Waals surface area (Å²) in [7, 11) is 3.30. The third kappa shape index (κ3) is 5.93. The summed E-state index contributed by atoms with van der Waals surface area (Å²) in [5.41, 5.74) is 3.65. The molecule has 0 atom stereocenters. The largest absolute Gasteiger partial charge is 0.497 e. The van der Waals surface area contributed by atoms with Crippen molar-refractivity contribution in [3.8, 4) is 11.5 Å². The number of aryl methyl sites for hydroxylation is 1. The molecule has 182 valence electrons. The van der Waals surface area contributed by atoms with Crippen LogP contribution in [0.5, 0.6) is 11.5 Å². The Morgan fingerprint density at radius 2 is 1.66 bits per heavy atom. The lowest BCUT2D eigenvalue weighted by molar-refractivity contribution is 0.0971. The molecular weight excluding hydrogens is 440 g/mol. The summed E-state index contributed by atoms with van der Waals surface area (Å²) in [5, 5.41) is 3.06. The first kappa shape index (κ1) is 24.1. The van der Waals surface area contributed by atoms with Crippen molar-refractivity contribution in [2.45, 2.75) is 13.3 Å². The fourth-order valence-electron chi connectivity index (χ4n) is 4.11.